The fourth-order valence-electron chi connectivity index (χ4n) is 5.52. The van der Waals surface area contributed by atoms with Crippen molar-refractivity contribution in [1.82, 2.24) is 0 Å². The predicted molar refractivity (Wildman–Crippen MR) is 116 cm³/mol. The lowest BCUT2D eigenvalue weighted by Crippen LogP contribution is -2.31. The van der Waals surface area contributed by atoms with Crippen LogP contribution in [-0.2, 0) is 11.8 Å². The fourth-order valence-corrected chi connectivity index (χ4v) is 5.52. The highest BCUT2D eigenvalue weighted by atomic mass is 15.1. The van der Waals surface area contributed by atoms with Gasteiger partial charge in [0.05, 0.1) is 5.41 Å². The highest BCUT2D eigenvalue weighted by Crippen LogP contribution is 2.50. The number of aryl methyl sites for hydroxylation is 1. The van der Waals surface area contributed by atoms with Crippen LogP contribution in [0.15, 0.2) is 42.5 Å². The van der Waals surface area contributed by atoms with Gasteiger partial charge in [0.2, 0.25) is 5.69 Å². The normalized spacial score (nSPS) is 23.3. The minimum absolute atomic E-state index is 0.117. The van der Waals surface area contributed by atoms with E-state index >= 15 is 0 Å². The molecule has 1 aliphatic heterocycles. The van der Waals surface area contributed by atoms with Crippen LogP contribution < -0.4 is 0 Å². The van der Waals surface area contributed by atoms with E-state index in [9.17, 15) is 0 Å². The standard InChI is InChI=1S/C26H34N/c1-18(2)21-11-9-12-22(19(3)4)24(21)27-17-26(16-25(27,5)6)15-14-20-10-7-8-13-23(20)26/h7-13,17-19H,14-16H2,1-6H3/q+1/t26-/m0/s1. The maximum absolute atomic E-state index is 2.65. The number of hydrogen-bond acceptors (Lipinski definition) is 0. The van der Waals surface area contributed by atoms with Crippen LogP contribution in [0.25, 0.3) is 0 Å². The molecule has 1 spiro atoms. The van der Waals surface area contributed by atoms with Crippen molar-refractivity contribution in [1.29, 1.82) is 0 Å². The summed E-state index contributed by atoms with van der Waals surface area (Å²) in [5, 5.41) is 0. The Hall–Kier alpha value is -1.89. The van der Waals surface area contributed by atoms with E-state index in [2.05, 4.69) is 94.8 Å². The van der Waals surface area contributed by atoms with Gasteiger partial charge in [-0.1, -0.05) is 70.2 Å². The van der Waals surface area contributed by atoms with Gasteiger partial charge in [-0.3, -0.25) is 0 Å². The Bertz CT molecular complexity index is 874. The summed E-state index contributed by atoms with van der Waals surface area (Å²) in [6.07, 6.45) is 6.25. The van der Waals surface area contributed by atoms with Gasteiger partial charge in [0.15, 0.2) is 11.8 Å². The molecule has 0 aromatic heterocycles. The molecule has 27 heavy (non-hydrogen) atoms. The third-order valence-corrected chi connectivity index (χ3v) is 6.75. The van der Waals surface area contributed by atoms with Gasteiger partial charge in [-0.25, -0.2) is 0 Å². The molecule has 2 aromatic rings. The van der Waals surface area contributed by atoms with Crippen molar-refractivity contribution in [2.45, 2.75) is 83.6 Å². The summed E-state index contributed by atoms with van der Waals surface area (Å²) in [7, 11) is 0. The quantitative estimate of drug-likeness (QED) is 0.535. The molecular weight excluding hydrogens is 326 g/mol. The molecule has 1 atom stereocenters. The summed E-state index contributed by atoms with van der Waals surface area (Å²) >= 11 is 0. The lowest BCUT2D eigenvalue weighted by atomic mass is 9.77. The number of rotatable bonds is 3. The van der Waals surface area contributed by atoms with Crippen LogP contribution in [-0.4, -0.2) is 16.3 Å². The van der Waals surface area contributed by atoms with Gasteiger partial charge >= 0.3 is 0 Å². The summed E-state index contributed by atoms with van der Waals surface area (Å²) < 4.78 is 2.65. The molecule has 0 saturated carbocycles. The SMILES string of the molecule is CC(C)c1cccc(C(C)C)c1[N+]1=C[C@]2(CCc3ccccc32)CC1(C)C. The lowest BCUT2D eigenvalue weighted by molar-refractivity contribution is -0.513. The first-order valence-electron chi connectivity index (χ1n) is 10.6. The Morgan fingerprint density at radius 1 is 0.852 bits per heavy atom. The molecule has 0 amide bonds. The van der Waals surface area contributed by atoms with E-state index in [4.69, 9.17) is 0 Å². The van der Waals surface area contributed by atoms with Crippen LogP contribution in [0.3, 0.4) is 0 Å². The molecule has 0 fully saturated rings. The number of nitrogens with zero attached hydrogens (tertiary/aromatic N) is 1. The molecule has 0 N–H and O–H groups in total. The van der Waals surface area contributed by atoms with Gasteiger partial charge in [-0.15, -0.1) is 0 Å². The molecule has 0 radical (unpaired) electrons. The molecule has 142 valence electrons. The number of para-hydroxylation sites is 1. The summed E-state index contributed by atoms with van der Waals surface area (Å²) in [5.41, 5.74) is 7.85. The van der Waals surface area contributed by atoms with Gasteiger partial charge < -0.3 is 0 Å². The van der Waals surface area contributed by atoms with Crippen molar-refractivity contribution in [3.05, 3.63) is 64.7 Å². The second-order valence-electron chi connectivity index (χ2n) is 9.90. The molecule has 0 bridgehead atoms. The van der Waals surface area contributed by atoms with Crippen molar-refractivity contribution in [2.24, 2.45) is 0 Å². The van der Waals surface area contributed by atoms with Crippen LogP contribution in [0.5, 0.6) is 0 Å². The van der Waals surface area contributed by atoms with Gasteiger partial charge in [0, 0.05) is 31.4 Å². The molecule has 4 rings (SSSR count). The van der Waals surface area contributed by atoms with Gasteiger partial charge in [-0.05, 0) is 35.8 Å². The highest BCUT2D eigenvalue weighted by Gasteiger charge is 2.54. The van der Waals surface area contributed by atoms with Gasteiger partial charge in [0.25, 0.3) is 0 Å². The molecule has 2 aliphatic rings. The average Bonchev–Trinajstić information content (AvgIpc) is 3.11. The predicted octanol–water partition coefficient (Wildman–Crippen LogP) is 6.71. The molecule has 1 heterocycles. The zero-order chi connectivity index (χ0) is 19.4. The zero-order valence-electron chi connectivity index (χ0n) is 17.8. The minimum atomic E-state index is 0.117. The Morgan fingerprint density at radius 3 is 2.11 bits per heavy atom. The molecule has 2 aromatic carbocycles. The average molecular weight is 361 g/mol. The number of hydrogen-bond donors (Lipinski definition) is 0. The monoisotopic (exact) mass is 360 g/mol. The first-order valence-corrected chi connectivity index (χ1v) is 10.6. The lowest BCUT2D eigenvalue weighted by Gasteiger charge is -2.24. The maximum atomic E-state index is 2.65. The van der Waals surface area contributed by atoms with Crippen molar-refractivity contribution in [2.75, 3.05) is 0 Å². The Balaban J connectivity index is 1.95. The minimum Gasteiger partial charge on any atom is -0.196 e. The van der Waals surface area contributed by atoms with E-state index in [-0.39, 0.29) is 11.0 Å². The topological polar surface area (TPSA) is 3.01 Å². The second kappa shape index (κ2) is 6.33. The van der Waals surface area contributed by atoms with E-state index in [0.29, 0.717) is 11.8 Å². The van der Waals surface area contributed by atoms with E-state index < -0.39 is 0 Å². The molecule has 1 aliphatic carbocycles. The van der Waals surface area contributed by atoms with Crippen molar-refractivity contribution in [3.63, 3.8) is 0 Å². The molecule has 1 nitrogen and oxygen atoms in total. The third kappa shape index (κ3) is 2.87. The highest BCUT2D eigenvalue weighted by molar-refractivity contribution is 5.76. The smallest absolute Gasteiger partial charge is 0.196 e. The first kappa shape index (κ1) is 18.5. The number of fused-ring (bicyclic) bond motifs is 2. The van der Waals surface area contributed by atoms with E-state index in [1.807, 2.05) is 0 Å². The largest absolute Gasteiger partial charge is 0.212 e. The van der Waals surface area contributed by atoms with Gasteiger partial charge in [0.1, 0.15) is 0 Å². The van der Waals surface area contributed by atoms with Crippen LogP contribution in [0.2, 0.25) is 0 Å². The van der Waals surface area contributed by atoms with E-state index in [1.165, 1.54) is 36.1 Å². The fraction of sp³-hybridized carbons (Fsp3) is 0.500. The van der Waals surface area contributed by atoms with E-state index in [1.54, 1.807) is 11.1 Å². The summed E-state index contributed by atoms with van der Waals surface area (Å²) in [5.74, 6) is 1.05. The molecule has 1 heteroatoms. The summed E-state index contributed by atoms with van der Waals surface area (Å²) in [6, 6.07) is 16.0. The molecule has 0 saturated heterocycles. The second-order valence-corrected chi connectivity index (χ2v) is 9.90. The molecule has 0 unspecified atom stereocenters. The maximum Gasteiger partial charge on any atom is 0.212 e. The summed E-state index contributed by atoms with van der Waals surface area (Å²) in [6.45, 7) is 14.2. The van der Waals surface area contributed by atoms with Crippen LogP contribution in [0.1, 0.15) is 88.5 Å². The Kier molecular flexibility index (Phi) is 4.33. The first-order chi connectivity index (χ1) is 12.8. The van der Waals surface area contributed by atoms with Gasteiger partial charge in [-0.2, -0.15) is 4.58 Å². The van der Waals surface area contributed by atoms with Crippen LogP contribution in [0.4, 0.5) is 5.69 Å². The number of benzene rings is 2. The Labute approximate surface area is 165 Å². The zero-order valence-corrected chi connectivity index (χ0v) is 17.8. The van der Waals surface area contributed by atoms with Crippen molar-refractivity contribution >= 4 is 11.9 Å². The van der Waals surface area contributed by atoms with Crippen LogP contribution in [0, 0.1) is 0 Å². The van der Waals surface area contributed by atoms with Crippen molar-refractivity contribution < 1.29 is 4.58 Å². The van der Waals surface area contributed by atoms with E-state index in [0.717, 1.165) is 0 Å². The Morgan fingerprint density at radius 2 is 1.48 bits per heavy atom. The molecular formula is C26H34N+. The van der Waals surface area contributed by atoms with Crippen LogP contribution >= 0.6 is 0 Å². The third-order valence-electron chi connectivity index (χ3n) is 6.75. The summed E-state index contributed by atoms with van der Waals surface area (Å²) in [4.78, 5) is 0. The van der Waals surface area contributed by atoms with Crippen molar-refractivity contribution in [3.8, 4) is 0 Å².